The fourth-order valence-corrected chi connectivity index (χ4v) is 1.64. The number of benzene rings is 1. The first-order chi connectivity index (χ1) is 8.22. The predicted molar refractivity (Wildman–Crippen MR) is 64.9 cm³/mol. The number of rotatable bonds is 2. The molecular weight excluding hydrogens is 214 g/mol. The Kier molecular flexibility index (Phi) is 3.19. The van der Waals surface area contributed by atoms with E-state index < -0.39 is 0 Å². The average molecular weight is 225 g/mol. The van der Waals surface area contributed by atoms with Crippen LogP contribution >= 0.6 is 0 Å². The van der Waals surface area contributed by atoms with Gasteiger partial charge < -0.3 is 4.90 Å². The standard InChI is InChI=1S/C14H11NO2/c1-11-5-2-3-7-13(11)14(17)15-8-4-6-12(9-15)10-16/h2-8H,1,9H2. The molecule has 0 aromatic heterocycles. The summed E-state index contributed by atoms with van der Waals surface area (Å²) in [7, 11) is 0. The second-order valence-corrected chi connectivity index (χ2v) is 3.73. The summed E-state index contributed by atoms with van der Waals surface area (Å²) in [5, 5.41) is 0. The number of hydrogen-bond donors (Lipinski definition) is 0. The van der Waals surface area contributed by atoms with E-state index >= 15 is 0 Å². The van der Waals surface area contributed by atoms with Crippen LogP contribution in [-0.4, -0.2) is 23.6 Å². The molecular formula is C14H11NO2. The molecule has 0 atom stereocenters. The van der Waals surface area contributed by atoms with Gasteiger partial charge in [-0.1, -0.05) is 24.3 Å². The van der Waals surface area contributed by atoms with Gasteiger partial charge in [-0.15, -0.1) is 0 Å². The number of nitrogens with zero attached hydrogens (tertiary/aromatic N) is 1. The van der Waals surface area contributed by atoms with Gasteiger partial charge >= 0.3 is 0 Å². The van der Waals surface area contributed by atoms with Crippen molar-refractivity contribution in [3.63, 3.8) is 0 Å². The van der Waals surface area contributed by atoms with Crippen LogP contribution in [0, 0.1) is 6.92 Å². The van der Waals surface area contributed by atoms with Gasteiger partial charge in [0.25, 0.3) is 5.91 Å². The Labute approximate surface area is 100 Å². The van der Waals surface area contributed by atoms with Crippen LogP contribution in [0.5, 0.6) is 0 Å². The van der Waals surface area contributed by atoms with E-state index in [2.05, 4.69) is 6.92 Å². The molecule has 17 heavy (non-hydrogen) atoms. The maximum absolute atomic E-state index is 12.2. The van der Waals surface area contributed by atoms with Crippen molar-refractivity contribution in [2.24, 2.45) is 0 Å². The van der Waals surface area contributed by atoms with Gasteiger partial charge in [-0.05, 0) is 24.6 Å². The summed E-state index contributed by atoms with van der Waals surface area (Å²) in [6.07, 6.45) is 6.76. The molecule has 0 spiro atoms. The summed E-state index contributed by atoms with van der Waals surface area (Å²) in [5.41, 5.74) is 1.68. The largest absolute Gasteiger partial charge is 0.310 e. The van der Waals surface area contributed by atoms with Crippen molar-refractivity contribution in [1.82, 2.24) is 4.90 Å². The highest BCUT2D eigenvalue weighted by molar-refractivity contribution is 5.97. The van der Waals surface area contributed by atoms with Crippen molar-refractivity contribution in [2.45, 2.75) is 0 Å². The molecule has 0 saturated heterocycles. The van der Waals surface area contributed by atoms with E-state index in [0.29, 0.717) is 16.7 Å². The van der Waals surface area contributed by atoms with Crippen LogP contribution in [-0.2, 0) is 4.79 Å². The molecule has 1 aliphatic rings. The van der Waals surface area contributed by atoms with Crippen molar-refractivity contribution >= 4 is 12.2 Å². The second kappa shape index (κ2) is 4.78. The molecule has 1 amide bonds. The Morgan fingerprint density at radius 2 is 2.12 bits per heavy atom. The van der Waals surface area contributed by atoms with Crippen LogP contribution in [0.1, 0.15) is 15.9 Å². The smallest absolute Gasteiger partial charge is 0.258 e. The molecule has 0 fully saturated rings. The third-order valence-electron chi connectivity index (χ3n) is 2.54. The Morgan fingerprint density at radius 1 is 1.35 bits per heavy atom. The van der Waals surface area contributed by atoms with E-state index in [1.54, 1.807) is 42.8 Å². The van der Waals surface area contributed by atoms with Gasteiger partial charge in [0.1, 0.15) is 0 Å². The van der Waals surface area contributed by atoms with Crippen LogP contribution < -0.4 is 0 Å². The first-order valence-corrected chi connectivity index (χ1v) is 5.20. The molecule has 0 aliphatic carbocycles. The monoisotopic (exact) mass is 225 g/mol. The van der Waals surface area contributed by atoms with Gasteiger partial charge in [-0.25, -0.2) is 0 Å². The van der Waals surface area contributed by atoms with E-state index in [9.17, 15) is 9.59 Å². The van der Waals surface area contributed by atoms with Crippen LogP contribution in [0.4, 0.5) is 0 Å². The molecule has 0 N–H and O–H groups in total. The summed E-state index contributed by atoms with van der Waals surface area (Å²) in [6, 6.07) is 7.12. The third-order valence-corrected chi connectivity index (χ3v) is 2.54. The third kappa shape index (κ3) is 2.33. The van der Waals surface area contributed by atoms with Gasteiger partial charge in [0.15, 0.2) is 0 Å². The predicted octanol–water partition coefficient (Wildman–Crippen LogP) is 1.87. The molecule has 1 heterocycles. The van der Waals surface area contributed by atoms with E-state index in [0.717, 1.165) is 0 Å². The summed E-state index contributed by atoms with van der Waals surface area (Å²) >= 11 is 0. The zero-order chi connectivity index (χ0) is 12.3. The van der Waals surface area contributed by atoms with Crippen molar-refractivity contribution in [3.05, 3.63) is 66.2 Å². The van der Waals surface area contributed by atoms with Crippen molar-refractivity contribution in [2.75, 3.05) is 6.54 Å². The molecule has 2 radical (unpaired) electrons. The lowest BCUT2D eigenvalue weighted by molar-refractivity contribution is 0.0832. The fourth-order valence-electron chi connectivity index (χ4n) is 1.64. The fraction of sp³-hybridized carbons (Fsp3) is 0.0714. The van der Waals surface area contributed by atoms with Crippen molar-refractivity contribution in [1.29, 1.82) is 0 Å². The molecule has 3 nitrogen and oxygen atoms in total. The lowest BCUT2D eigenvalue weighted by Crippen LogP contribution is -2.30. The van der Waals surface area contributed by atoms with Gasteiger partial charge in [0, 0.05) is 17.3 Å². The van der Waals surface area contributed by atoms with Gasteiger partial charge in [0.05, 0.1) is 6.54 Å². The summed E-state index contributed by atoms with van der Waals surface area (Å²) in [5.74, 6) is -0.160. The molecule has 1 aliphatic heterocycles. The highest BCUT2D eigenvalue weighted by atomic mass is 16.2. The zero-order valence-corrected chi connectivity index (χ0v) is 9.22. The normalized spacial score (nSPS) is 14.4. The van der Waals surface area contributed by atoms with Crippen LogP contribution in [0.25, 0.3) is 0 Å². The minimum Gasteiger partial charge on any atom is -0.310 e. The quantitative estimate of drug-likeness (QED) is 0.770. The Bertz CT molecular complexity index is 515. The highest BCUT2D eigenvalue weighted by Gasteiger charge is 2.18. The lowest BCUT2D eigenvalue weighted by Gasteiger charge is -2.21. The SMILES string of the molecule is [CH2]c1ccccc1C(=O)N1C=CC=C([C]=O)C1. The van der Waals surface area contributed by atoms with Gasteiger partial charge in [-0.2, -0.15) is 0 Å². The maximum Gasteiger partial charge on any atom is 0.258 e. The molecule has 3 heteroatoms. The Hall–Kier alpha value is -2.16. The molecule has 2 rings (SSSR count). The molecule has 84 valence electrons. The van der Waals surface area contributed by atoms with Crippen LogP contribution in [0.15, 0.2) is 48.2 Å². The van der Waals surface area contributed by atoms with E-state index in [-0.39, 0.29) is 12.5 Å². The van der Waals surface area contributed by atoms with Gasteiger partial charge in [-0.3, -0.25) is 9.59 Å². The lowest BCUT2D eigenvalue weighted by atomic mass is 10.1. The Morgan fingerprint density at radius 3 is 2.82 bits per heavy atom. The molecule has 1 aromatic rings. The number of carbonyl (C=O) groups excluding carboxylic acids is 2. The average Bonchev–Trinajstić information content (AvgIpc) is 2.38. The first kappa shape index (κ1) is 11.3. The molecule has 0 saturated carbocycles. The number of hydrogen-bond acceptors (Lipinski definition) is 2. The number of carbonyl (C=O) groups is 1. The molecule has 0 bridgehead atoms. The maximum atomic E-state index is 12.2. The highest BCUT2D eigenvalue weighted by Crippen LogP contribution is 2.14. The minimum atomic E-state index is -0.160. The van der Waals surface area contributed by atoms with Crippen LogP contribution in [0.3, 0.4) is 0 Å². The van der Waals surface area contributed by atoms with E-state index in [1.165, 1.54) is 4.90 Å². The van der Waals surface area contributed by atoms with Crippen molar-refractivity contribution in [3.8, 4) is 0 Å². The zero-order valence-electron chi connectivity index (χ0n) is 9.22. The van der Waals surface area contributed by atoms with E-state index in [4.69, 9.17) is 0 Å². The minimum absolute atomic E-state index is 0.160. The van der Waals surface area contributed by atoms with E-state index in [1.807, 2.05) is 6.07 Å². The number of amides is 1. The summed E-state index contributed by atoms with van der Waals surface area (Å²) in [6.45, 7) is 4.07. The van der Waals surface area contributed by atoms with Gasteiger partial charge in [0.2, 0.25) is 6.29 Å². The van der Waals surface area contributed by atoms with Crippen molar-refractivity contribution < 1.29 is 9.59 Å². The molecule has 0 unspecified atom stereocenters. The summed E-state index contributed by atoms with van der Waals surface area (Å²) in [4.78, 5) is 24.2. The Balaban J connectivity index is 2.23. The molecule has 1 aromatic carbocycles. The number of allylic oxidation sites excluding steroid dienone is 2. The topological polar surface area (TPSA) is 37.4 Å². The first-order valence-electron chi connectivity index (χ1n) is 5.20. The summed E-state index contributed by atoms with van der Waals surface area (Å²) < 4.78 is 0. The second-order valence-electron chi connectivity index (χ2n) is 3.73. The van der Waals surface area contributed by atoms with Crippen LogP contribution in [0.2, 0.25) is 0 Å².